The fourth-order valence-electron chi connectivity index (χ4n) is 3.37. The van der Waals surface area contributed by atoms with Crippen LogP contribution in [0.2, 0.25) is 0 Å². The van der Waals surface area contributed by atoms with Crippen LogP contribution in [-0.2, 0) is 30.4 Å². The Labute approximate surface area is 144 Å². The number of ketones is 1. The summed E-state index contributed by atoms with van der Waals surface area (Å²) in [6, 6.07) is 5.49. The molecule has 0 N–H and O–H groups in total. The molecule has 4 nitrogen and oxygen atoms in total. The third kappa shape index (κ3) is 3.91. The number of halogens is 3. The molecule has 2 aromatic heterocycles. The fourth-order valence-corrected chi connectivity index (χ4v) is 3.37. The first-order valence-corrected chi connectivity index (χ1v) is 8.44. The number of rotatable bonds is 5. The Morgan fingerprint density at radius 2 is 2.04 bits per heavy atom. The van der Waals surface area contributed by atoms with Gasteiger partial charge in [-0.05, 0) is 37.8 Å². The summed E-state index contributed by atoms with van der Waals surface area (Å²) in [5.41, 5.74) is 0.809. The molecule has 0 radical (unpaired) electrons. The number of hydrogen-bond donors (Lipinski definition) is 0. The van der Waals surface area contributed by atoms with Gasteiger partial charge in [0.05, 0.1) is 6.54 Å². The van der Waals surface area contributed by atoms with Gasteiger partial charge in [0.15, 0.2) is 11.5 Å². The van der Waals surface area contributed by atoms with E-state index in [0.29, 0.717) is 18.5 Å². The molecule has 1 unspecified atom stereocenters. The first kappa shape index (κ1) is 17.6. The average Bonchev–Trinajstić information content (AvgIpc) is 2.94. The van der Waals surface area contributed by atoms with Crippen LogP contribution < -0.4 is 0 Å². The molecule has 1 aliphatic rings. The van der Waals surface area contributed by atoms with Crippen LogP contribution in [0.15, 0.2) is 24.4 Å². The SMILES string of the molecule is CC(CC(=O)Cn1nc(C(F)(F)F)c2c1CCCC2)c1ccccn1. The molecular weight excluding hydrogens is 331 g/mol. The number of carbonyl (C=O) groups is 1. The summed E-state index contributed by atoms with van der Waals surface area (Å²) >= 11 is 0. The van der Waals surface area contributed by atoms with E-state index in [1.54, 1.807) is 12.3 Å². The molecule has 0 aromatic carbocycles. The zero-order valence-corrected chi connectivity index (χ0v) is 14.0. The molecule has 1 aliphatic carbocycles. The lowest BCUT2D eigenvalue weighted by atomic mass is 9.95. The van der Waals surface area contributed by atoms with Gasteiger partial charge in [-0.15, -0.1) is 0 Å². The molecule has 0 saturated carbocycles. The Hall–Kier alpha value is -2.18. The topological polar surface area (TPSA) is 47.8 Å². The van der Waals surface area contributed by atoms with E-state index in [1.165, 1.54) is 4.68 Å². The van der Waals surface area contributed by atoms with Crippen LogP contribution in [0.25, 0.3) is 0 Å². The smallest absolute Gasteiger partial charge is 0.298 e. The molecule has 0 saturated heterocycles. The number of hydrogen-bond acceptors (Lipinski definition) is 3. The van der Waals surface area contributed by atoms with Gasteiger partial charge in [-0.3, -0.25) is 14.5 Å². The van der Waals surface area contributed by atoms with E-state index < -0.39 is 11.9 Å². The molecule has 134 valence electrons. The maximum Gasteiger partial charge on any atom is 0.435 e. The summed E-state index contributed by atoms with van der Waals surface area (Å²) in [6.45, 7) is 1.77. The van der Waals surface area contributed by atoms with Gasteiger partial charge in [0.25, 0.3) is 0 Å². The maximum atomic E-state index is 13.2. The lowest BCUT2D eigenvalue weighted by molar-refractivity contribution is -0.142. The second kappa shape index (κ2) is 6.98. The highest BCUT2D eigenvalue weighted by molar-refractivity contribution is 5.79. The molecule has 0 aliphatic heterocycles. The minimum absolute atomic E-state index is 0.0813. The number of pyridine rings is 1. The molecule has 1 atom stereocenters. The summed E-state index contributed by atoms with van der Waals surface area (Å²) in [5, 5.41) is 3.74. The van der Waals surface area contributed by atoms with Crippen LogP contribution in [-0.4, -0.2) is 20.5 Å². The van der Waals surface area contributed by atoms with E-state index in [2.05, 4.69) is 10.1 Å². The van der Waals surface area contributed by atoms with Crippen molar-refractivity contribution in [2.75, 3.05) is 0 Å². The molecule has 3 rings (SSSR count). The summed E-state index contributed by atoms with van der Waals surface area (Å²) in [7, 11) is 0. The van der Waals surface area contributed by atoms with Crippen LogP contribution in [0, 0.1) is 0 Å². The number of alkyl halides is 3. The highest BCUT2D eigenvalue weighted by Gasteiger charge is 2.39. The third-order valence-electron chi connectivity index (χ3n) is 4.58. The van der Waals surface area contributed by atoms with Crippen molar-refractivity contribution in [2.45, 2.75) is 57.7 Å². The monoisotopic (exact) mass is 351 g/mol. The van der Waals surface area contributed by atoms with E-state index >= 15 is 0 Å². The highest BCUT2D eigenvalue weighted by atomic mass is 19.4. The minimum atomic E-state index is -4.48. The second-order valence-electron chi connectivity index (χ2n) is 6.53. The summed E-state index contributed by atoms with van der Waals surface area (Å²) in [6.07, 6.45) is -0.106. The summed E-state index contributed by atoms with van der Waals surface area (Å²) < 4.78 is 40.8. The Kier molecular flexibility index (Phi) is 4.92. The van der Waals surface area contributed by atoms with Gasteiger partial charge in [0.1, 0.15) is 0 Å². The van der Waals surface area contributed by atoms with Crippen molar-refractivity contribution in [3.05, 3.63) is 47.0 Å². The summed E-state index contributed by atoms with van der Waals surface area (Å²) in [5.74, 6) is -0.218. The molecule has 0 spiro atoms. The van der Waals surface area contributed by atoms with Crippen LogP contribution in [0.5, 0.6) is 0 Å². The lowest BCUT2D eigenvalue weighted by Crippen LogP contribution is -2.17. The van der Waals surface area contributed by atoms with Gasteiger partial charge < -0.3 is 0 Å². The Bertz CT molecular complexity index is 753. The number of nitrogens with zero attached hydrogens (tertiary/aromatic N) is 3. The van der Waals surface area contributed by atoms with E-state index in [-0.39, 0.29) is 30.2 Å². The molecular formula is C18H20F3N3O. The molecule has 7 heteroatoms. The molecule has 0 fully saturated rings. The predicted molar refractivity (Wildman–Crippen MR) is 86.1 cm³/mol. The number of fused-ring (bicyclic) bond motifs is 1. The van der Waals surface area contributed by atoms with Gasteiger partial charge in [-0.1, -0.05) is 13.0 Å². The van der Waals surface area contributed by atoms with Crippen LogP contribution in [0.1, 0.15) is 54.7 Å². The Morgan fingerprint density at radius 3 is 2.72 bits per heavy atom. The zero-order valence-electron chi connectivity index (χ0n) is 14.0. The largest absolute Gasteiger partial charge is 0.435 e. The van der Waals surface area contributed by atoms with E-state index in [9.17, 15) is 18.0 Å². The van der Waals surface area contributed by atoms with E-state index in [4.69, 9.17) is 0 Å². The lowest BCUT2D eigenvalue weighted by Gasteiger charge is -2.15. The van der Waals surface area contributed by atoms with E-state index in [1.807, 2.05) is 19.1 Å². The van der Waals surface area contributed by atoms with Gasteiger partial charge in [0.2, 0.25) is 0 Å². The van der Waals surface area contributed by atoms with Crippen molar-refractivity contribution in [3.63, 3.8) is 0 Å². The first-order valence-electron chi connectivity index (χ1n) is 8.44. The molecule has 0 bridgehead atoms. The quantitative estimate of drug-likeness (QED) is 0.820. The van der Waals surface area contributed by atoms with Crippen molar-refractivity contribution >= 4 is 5.78 Å². The maximum absolute atomic E-state index is 13.2. The first-order chi connectivity index (χ1) is 11.9. The average molecular weight is 351 g/mol. The van der Waals surface area contributed by atoms with Crippen molar-refractivity contribution < 1.29 is 18.0 Å². The molecule has 2 heterocycles. The molecule has 2 aromatic rings. The van der Waals surface area contributed by atoms with Gasteiger partial charge in [-0.25, -0.2) is 0 Å². The van der Waals surface area contributed by atoms with Crippen LogP contribution in [0.3, 0.4) is 0 Å². The zero-order chi connectivity index (χ0) is 18.0. The van der Waals surface area contributed by atoms with Crippen LogP contribution >= 0.6 is 0 Å². The predicted octanol–water partition coefficient (Wildman–Crippen LogP) is 3.94. The number of carbonyl (C=O) groups excluding carboxylic acids is 1. The van der Waals surface area contributed by atoms with Crippen molar-refractivity contribution in [1.29, 1.82) is 0 Å². The Morgan fingerprint density at radius 1 is 1.28 bits per heavy atom. The second-order valence-corrected chi connectivity index (χ2v) is 6.53. The van der Waals surface area contributed by atoms with Crippen molar-refractivity contribution in [3.8, 4) is 0 Å². The van der Waals surface area contributed by atoms with Gasteiger partial charge in [0, 0.05) is 35.5 Å². The molecule has 0 amide bonds. The van der Waals surface area contributed by atoms with Gasteiger partial charge in [-0.2, -0.15) is 18.3 Å². The van der Waals surface area contributed by atoms with Crippen molar-refractivity contribution in [2.24, 2.45) is 0 Å². The standard InChI is InChI=1S/C18H20F3N3O/c1-12(15-7-4-5-9-22-15)10-13(25)11-24-16-8-3-2-6-14(16)17(23-24)18(19,20)21/h4-5,7,9,12H,2-3,6,8,10-11H2,1H3. The van der Waals surface area contributed by atoms with Crippen LogP contribution in [0.4, 0.5) is 13.2 Å². The molecule has 25 heavy (non-hydrogen) atoms. The van der Waals surface area contributed by atoms with Crippen molar-refractivity contribution in [1.82, 2.24) is 14.8 Å². The fraction of sp³-hybridized carbons (Fsp3) is 0.500. The minimum Gasteiger partial charge on any atom is -0.298 e. The van der Waals surface area contributed by atoms with E-state index in [0.717, 1.165) is 18.5 Å². The summed E-state index contributed by atoms with van der Waals surface area (Å²) in [4.78, 5) is 16.6. The third-order valence-corrected chi connectivity index (χ3v) is 4.58. The highest BCUT2D eigenvalue weighted by Crippen LogP contribution is 2.35. The Balaban J connectivity index is 1.76. The number of Topliss-reactive ketones (excluding diaryl/α,β-unsaturated/α-hetero) is 1. The van der Waals surface area contributed by atoms with Gasteiger partial charge >= 0.3 is 6.18 Å². The number of aromatic nitrogens is 3. The normalized spacial score (nSPS) is 15.7.